The molecule has 2 amide bonds. The van der Waals surface area contributed by atoms with Crippen LogP contribution in [0.25, 0.3) is 0 Å². The number of ether oxygens (including phenoxy) is 2. The monoisotopic (exact) mass is 414 g/mol. The number of hydrogen-bond acceptors (Lipinski definition) is 4. The number of rotatable bonds is 4. The van der Waals surface area contributed by atoms with Gasteiger partial charge in [-0.15, -0.1) is 0 Å². The molecule has 29 heavy (non-hydrogen) atoms. The molecule has 0 fully saturated rings. The number of amides is 2. The van der Waals surface area contributed by atoms with E-state index in [-0.39, 0.29) is 11.5 Å². The summed E-state index contributed by atoms with van der Waals surface area (Å²) in [6, 6.07) is 14.0. The van der Waals surface area contributed by atoms with Gasteiger partial charge in [0.2, 0.25) is 5.88 Å². The van der Waals surface area contributed by atoms with Crippen molar-refractivity contribution < 1.29 is 19.1 Å². The van der Waals surface area contributed by atoms with Gasteiger partial charge in [-0.2, -0.15) is 0 Å². The molecule has 152 valence electrons. The van der Waals surface area contributed by atoms with Crippen molar-refractivity contribution in [1.29, 1.82) is 0 Å². The molecular formula is C22H23ClN2O4. The van der Waals surface area contributed by atoms with Crippen molar-refractivity contribution in [2.24, 2.45) is 0 Å². The fourth-order valence-corrected chi connectivity index (χ4v) is 3.52. The number of nitrogens with one attached hydrogen (secondary N) is 2. The van der Waals surface area contributed by atoms with Crippen LogP contribution >= 0.6 is 11.6 Å². The first kappa shape index (κ1) is 20.7. The lowest BCUT2D eigenvalue weighted by Crippen LogP contribution is -2.32. The molecule has 2 aromatic carbocycles. The minimum absolute atomic E-state index is 0.0754. The van der Waals surface area contributed by atoms with Crippen molar-refractivity contribution in [3.05, 3.63) is 76.1 Å². The molecule has 1 heterocycles. The van der Waals surface area contributed by atoms with E-state index < -0.39 is 23.5 Å². The van der Waals surface area contributed by atoms with E-state index in [2.05, 4.69) is 10.6 Å². The summed E-state index contributed by atoms with van der Waals surface area (Å²) in [4.78, 5) is 25.1. The zero-order chi connectivity index (χ0) is 21.2. The highest BCUT2D eigenvalue weighted by Gasteiger charge is 2.48. The van der Waals surface area contributed by atoms with Crippen LogP contribution < -0.4 is 10.6 Å². The van der Waals surface area contributed by atoms with Gasteiger partial charge in [-0.3, -0.25) is 5.32 Å². The Labute approximate surface area is 174 Å². The van der Waals surface area contributed by atoms with Crippen molar-refractivity contribution in [1.82, 2.24) is 5.32 Å². The van der Waals surface area contributed by atoms with Gasteiger partial charge in [0.15, 0.2) is 0 Å². The normalized spacial score (nSPS) is 17.5. The third kappa shape index (κ3) is 4.54. The van der Waals surface area contributed by atoms with Gasteiger partial charge in [-0.1, -0.05) is 41.4 Å². The molecule has 0 radical (unpaired) electrons. The first-order valence-corrected chi connectivity index (χ1v) is 9.50. The average molecular weight is 415 g/mol. The molecule has 0 spiro atoms. The number of urea groups is 1. The van der Waals surface area contributed by atoms with E-state index in [0.29, 0.717) is 10.7 Å². The molecule has 0 aromatic heterocycles. The first-order chi connectivity index (χ1) is 13.7. The molecule has 3 rings (SSSR count). The lowest BCUT2D eigenvalue weighted by atomic mass is 9.81. The molecule has 2 N–H and O–H groups in total. The van der Waals surface area contributed by atoms with Gasteiger partial charge in [-0.05, 0) is 50.6 Å². The molecule has 1 atom stereocenters. The second-order valence-electron chi connectivity index (χ2n) is 7.37. The molecule has 0 saturated heterocycles. The highest BCUT2D eigenvalue weighted by atomic mass is 35.5. The van der Waals surface area contributed by atoms with Gasteiger partial charge in [0.1, 0.15) is 11.2 Å². The molecule has 7 heteroatoms. The van der Waals surface area contributed by atoms with Crippen molar-refractivity contribution in [3.63, 3.8) is 0 Å². The van der Waals surface area contributed by atoms with Crippen molar-refractivity contribution >= 4 is 29.3 Å². The first-order valence-electron chi connectivity index (χ1n) is 9.13. The number of esters is 1. The van der Waals surface area contributed by atoms with Gasteiger partial charge < -0.3 is 14.8 Å². The highest BCUT2D eigenvalue weighted by molar-refractivity contribution is 6.30. The molecule has 1 unspecified atom stereocenters. The molecule has 2 aromatic rings. The molecule has 6 nitrogen and oxygen atoms in total. The maximum Gasteiger partial charge on any atom is 0.339 e. The van der Waals surface area contributed by atoms with Crippen molar-refractivity contribution in [3.8, 4) is 0 Å². The van der Waals surface area contributed by atoms with Gasteiger partial charge in [0.25, 0.3) is 0 Å². The number of carbonyl (C=O) groups is 2. The van der Waals surface area contributed by atoms with Crippen LogP contribution in [0.15, 0.2) is 60.0 Å². The van der Waals surface area contributed by atoms with E-state index in [1.807, 2.05) is 45.0 Å². The summed E-state index contributed by atoms with van der Waals surface area (Å²) >= 11 is 6.00. The van der Waals surface area contributed by atoms with Crippen LogP contribution in [0.1, 0.15) is 30.9 Å². The summed E-state index contributed by atoms with van der Waals surface area (Å²) in [5, 5.41) is 5.97. The number of benzene rings is 2. The SMILES string of the molecule is COC(=O)C1=C(NC(=O)Nc2ccc(C)cc2)OC(C)(C)C1c1ccc(Cl)cc1. The second kappa shape index (κ2) is 8.17. The lowest BCUT2D eigenvalue weighted by molar-refractivity contribution is -0.136. The Morgan fingerprint density at radius 1 is 1.03 bits per heavy atom. The molecule has 1 aliphatic rings. The van der Waals surface area contributed by atoms with E-state index >= 15 is 0 Å². The minimum atomic E-state index is -0.788. The number of hydrogen-bond donors (Lipinski definition) is 2. The second-order valence-corrected chi connectivity index (χ2v) is 7.81. The summed E-state index contributed by atoms with van der Waals surface area (Å²) in [5.74, 6) is -0.936. The van der Waals surface area contributed by atoms with Crippen LogP contribution in [0, 0.1) is 6.92 Å². The quantitative estimate of drug-likeness (QED) is 0.708. The fourth-order valence-electron chi connectivity index (χ4n) is 3.39. The maximum absolute atomic E-state index is 12.6. The molecule has 0 bridgehead atoms. The Balaban J connectivity index is 1.91. The van der Waals surface area contributed by atoms with E-state index in [9.17, 15) is 9.59 Å². The summed E-state index contributed by atoms with van der Waals surface area (Å²) in [5.41, 5.74) is 2.00. The molecule has 1 aliphatic heterocycles. The van der Waals surface area contributed by atoms with Crippen LogP contribution in [0.5, 0.6) is 0 Å². The van der Waals surface area contributed by atoms with E-state index in [4.69, 9.17) is 21.1 Å². The van der Waals surface area contributed by atoms with Crippen molar-refractivity contribution in [2.75, 3.05) is 12.4 Å². The highest BCUT2D eigenvalue weighted by Crippen LogP contribution is 2.45. The van der Waals surface area contributed by atoms with Crippen molar-refractivity contribution in [2.45, 2.75) is 32.3 Å². The fraction of sp³-hybridized carbons (Fsp3) is 0.273. The Morgan fingerprint density at radius 3 is 2.24 bits per heavy atom. The maximum atomic E-state index is 12.6. The third-order valence-electron chi connectivity index (χ3n) is 4.74. The largest absolute Gasteiger partial charge is 0.471 e. The topological polar surface area (TPSA) is 76.7 Å². The van der Waals surface area contributed by atoms with Gasteiger partial charge in [-0.25, -0.2) is 9.59 Å². The summed E-state index contributed by atoms with van der Waals surface area (Å²) < 4.78 is 11.0. The van der Waals surface area contributed by atoms with Gasteiger partial charge in [0.05, 0.1) is 13.0 Å². The Bertz CT molecular complexity index is 950. The summed E-state index contributed by atoms with van der Waals surface area (Å²) in [6.07, 6.45) is 0. The lowest BCUT2D eigenvalue weighted by Gasteiger charge is -2.28. The van der Waals surface area contributed by atoms with Gasteiger partial charge >= 0.3 is 12.0 Å². The smallest absolute Gasteiger partial charge is 0.339 e. The zero-order valence-electron chi connectivity index (χ0n) is 16.7. The van der Waals surface area contributed by atoms with E-state index in [0.717, 1.165) is 11.1 Å². The third-order valence-corrected chi connectivity index (χ3v) is 4.99. The summed E-state index contributed by atoms with van der Waals surface area (Å²) in [7, 11) is 1.30. The number of methoxy groups -OCH3 is 1. The Morgan fingerprint density at radius 2 is 1.66 bits per heavy atom. The minimum Gasteiger partial charge on any atom is -0.471 e. The van der Waals surface area contributed by atoms with Gasteiger partial charge in [0, 0.05) is 10.7 Å². The summed E-state index contributed by atoms with van der Waals surface area (Å²) in [6.45, 7) is 5.66. The molecule has 0 saturated carbocycles. The van der Waals surface area contributed by atoms with Crippen LogP contribution in [0.3, 0.4) is 0 Å². The molecule has 0 aliphatic carbocycles. The molecular weight excluding hydrogens is 392 g/mol. The standard InChI is InChI=1S/C22H23ClN2O4/c1-13-5-11-16(12-6-13)24-21(27)25-19-17(20(26)28-4)18(22(2,3)29-19)14-7-9-15(23)10-8-14/h5-12,18H,1-4H3,(H2,24,25,27). The predicted molar refractivity (Wildman–Crippen MR) is 112 cm³/mol. The van der Waals surface area contributed by atoms with Crippen LogP contribution in [0.2, 0.25) is 5.02 Å². The number of anilines is 1. The Kier molecular flexibility index (Phi) is 5.84. The number of halogens is 1. The van der Waals surface area contributed by atoms with Crippen LogP contribution in [-0.2, 0) is 14.3 Å². The Hall–Kier alpha value is -2.99. The average Bonchev–Trinajstić information content (AvgIpc) is 2.93. The zero-order valence-corrected chi connectivity index (χ0v) is 17.5. The van der Waals surface area contributed by atoms with Crippen LogP contribution in [0.4, 0.5) is 10.5 Å². The van der Waals surface area contributed by atoms with E-state index in [1.165, 1.54) is 7.11 Å². The van der Waals surface area contributed by atoms with Crippen LogP contribution in [-0.4, -0.2) is 24.7 Å². The number of carbonyl (C=O) groups excluding carboxylic acids is 2. The van der Waals surface area contributed by atoms with E-state index in [1.54, 1.807) is 24.3 Å². The number of aryl methyl sites for hydroxylation is 1. The predicted octanol–water partition coefficient (Wildman–Crippen LogP) is 4.75.